The molecule has 2 aromatic rings. The van der Waals surface area contributed by atoms with Gasteiger partial charge in [-0.3, -0.25) is 0 Å². The number of rotatable bonds is 3. The zero-order valence-electron chi connectivity index (χ0n) is 7.88. The van der Waals surface area contributed by atoms with Crippen molar-refractivity contribution in [3.05, 3.63) is 30.2 Å². The van der Waals surface area contributed by atoms with Gasteiger partial charge in [0.25, 0.3) is 0 Å². The van der Waals surface area contributed by atoms with Crippen LogP contribution in [0.3, 0.4) is 0 Å². The molecule has 0 aliphatic heterocycles. The summed E-state index contributed by atoms with van der Waals surface area (Å²) in [4.78, 5) is 8.10. The second-order valence-corrected chi connectivity index (χ2v) is 3.86. The molecule has 2 rings (SSSR count). The molecule has 15 heavy (non-hydrogen) atoms. The van der Waals surface area contributed by atoms with Crippen molar-refractivity contribution >= 4 is 23.4 Å². The van der Waals surface area contributed by atoms with Crippen LogP contribution in [0.5, 0.6) is 0 Å². The molecule has 5 nitrogen and oxygen atoms in total. The van der Waals surface area contributed by atoms with Gasteiger partial charge in [-0.15, -0.1) is 0 Å². The second-order valence-electron chi connectivity index (χ2n) is 2.92. The van der Waals surface area contributed by atoms with Gasteiger partial charge < -0.3 is 15.9 Å². The van der Waals surface area contributed by atoms with Gasteiger partial charge >= 0.3 is 0 Å². The van der Waals surface area contributed by atoms with E-state index in [4.69, 9.17) is 15.9 Å². The van der Waals surface area contributed by atoms with Crippen LogP contribution in [-0.4, -0.2) is 9.97 Å². The van der Waals surface area contributed by atoms with Gasteiger partial charge in [0.2, 0.25) is 0 Å². The quantitative estimate of drug-likeness (QED) is 0.604. The molecule has 0 saturated heterocycles. The van der Waals surface area contributed by atoms with Crippen LogP contribution in [0.15, 0.2) is 34.2 Å². The average Bonchev–Trinajstić information content (AvgIpc) is 2.65. The fraction of sp³-hybridized carbons (Fsp3) is 0.111. The molecular weight excluding hydrogens is 212 g/mol. The van der Waals surface area contributed by atoms with E-state index in [0.717, 1.165) is 11.3 Å². The number of furan rings is 1. The standard InChI is InChI=1S/C9H10N4OS/c10-7-3-8(11)13-9(12-7)15-5-6-1-2-14-4-6/h1-4H,5H2,(H4,10,11,12,13). The lowest BCUT2D eigenvalue weighted by atomic mass is 10.4. The van der Waals surface area contributed by atoms with Crippen molar-refractivity contribution in [3.63, 3.8) is 0 Å². The molecule has 6 heteroatoms. The lowest BCUT2D eigenvalue weighted by Crippen LogP contribution is -1.99. The number of anilines is 2. The Morgan fingerprint density at radius 1 is 1.27 bits per heavy atom. The molecule has 0 aliphatic rings. The number of thioether (sulfide) groups is 1. The number of hydrogen-bond donors (Lipinski definition) is 2. The molecule has 4 N–H and O–H groups in total. The summed E-state index contributed by atoms with van der Waals surface area (Å²) in [6.07, 6.45) is 3.31. The molecule has 0 saturated carbocycles. The van der Waals surface area contributed by atoms with Crippen molar-refractivity contribution in [2.24, 2.45) is 0 Å². The normalized spacial score (nSPS) is 10.4. The Morgan fingerprint density at radius 3 is 2.60 bits per heavy atom. The molecule has 0 aliphatic carbocycles. The summed E-state index contributed by atoms with van der Waals surface area (Å²) >= 11 is 1.46. The van der Waals surface area contributed by atoms with Crippen LogP contribution in [0.2, 0.25) is 0 Å². The Hall–Kier alpha value is -1.69. The number of hydrogen-bond acceptors (Lipinski definition) is 6. The summed E-state index contributed by atoms with van der Waals surface area (Å²) in [5.74, 6) is 1.51. The minimum Gasteiger partial charge on any atom is -0.472 e. The van der Waals surface area contributed by atoms with Crippen molar-refractivity contribution in [2.75, 3.05) is 11.5 Å². The Bertz CT molecular complexity index is 423. The van der Waals surface area contributed by atoms with Crippen LogP contribution in [-0.2, 0) is 5.75 Å². The number of nitrogens with zero attached hydrogens (tertiary/aromatic N) is 2. The van der Waals surface area contributed by atoms with E-state index in [0.29, 0.717) is 16.8 Å². The molecule has 0 atom stereocenters. The topological polar surface area (TPSA) is 91.0 Å². The summed E-state index contributed by atoms with van der Waals surface area (Å²) in [6.45, 7) is 0. The summed E-state index contributed by atoms with van der Waals surface area (Å²) in [5, 5.41) is 0.578. The van der Waals surface area contributed by atoms with Gasteiger partial charge in [-0.05, 0) is 6.07 Å². The molecule has 0 aromatic carbocycles. The van der Waals surface area contributed by atoms with Crippen LogP contribution >= 0.6 is 11.8 Å². The number of aromatic nitrogens is 2. The first-order valence-corrected chi connectivity index (χ1v) is 5.26. The predicted octanol–water partition coefficient (Wildman–Crippen LogP) is 1.53. The van der Waals surface area contributed by atoms with Crippen molar-refractivity contribution in [1.82, 2.24) is 9.97 Å². The third-order valence-electron chi connectivity index (χ3n) is 1.69. The van der Waals surface area contributed by atoms with Crippen LogP contribution in [0.25, 0.3) is 0 Å². The van der Waals surface area contributed by atoms with E-state index in [1.165, 1.54) is 17.8 Å². The molecule has 2 heterocycles. The van der Waals surface area contributed by atoms with E-state index in [9.17, 15) is 0 Å². The first-order valence-electron chi connectivity index (χ1n) is 4.28. The lowest BCUT2D eigenvalue weighted by molar-refractivity contribution is 0.565. The summed E-state index contributed by atoms with van der Waals surface area (Å²) in [7, 11) is 0. The predicted molar refractivity (Wildman–Crippen MR) is 59.1 cm³/mol. The lowest BCUT2D eigenvalue weighted by Gasteiger charge is -2.00. The summed E-state index contributed by atoms with van der Waals surface area (Å²) in [6, 6.07) is 3.42. The Morgan fingerprint density at radius 2 is 2.00 bits per heavy atom. The molecule has 0 radical (unpaired) electrons. The van der Waals surface area contributed by atoms with Crippen molar-refractivity contribution in [2.45, 2.75) is 10.9 Å². The summed E-state index contributed by atoms with van der Waals surface area (Å²) < 4.78 is 4.95. The highest BCUT2D eigenvalue weighted by Gasteiger charge is 2.02. The van der Waals surface area contributed by atoms with E-state index in [1.54, 1.807) is 12.5 Å². The van der Waals surface area contributed by atoms with Gasteiger partial charge in [0.15, 0.2) is 5.16 Å². The van der Waals surface area contributed by atoms with Gasteiger partial charge in [-0.2, -0.15) is 0 Å². The van der Waals surface area contributed by atoms with Crippen molar-refractivity contribution in [3.8, 4) is 0 Å². The van der Waals surface area contributed by atoms with Crippen molar-refractivity contribution in [1.29, 1.82) is 0 Å². The van der Waals surface area contributed by atoms with Gasteiger partial charge in [-0.25, -0.2) is 9.97 Å². The number of nitrogens with two attached hydrogens (primary N) is 2. The van der Waals surface area contributed by atoms with E-state index in [2.05, 4.69) is 9.97 Å². The highest BCUT2D eigenvalue weighted by molar-refractivity contribution is 7.98. The maximum atomic E-state index is 5.55. The zero-order chi connectivity index (χ0) is 10.7. The van der Waals surface area contributed by atoms with Crippen LogP contribution in [0, 0.1) is 0 Å². The highest BCUT2D eigenvalue weighted by atomic mass is 32.2. The van der Waals surface area contributed by atoms with Crippen LogP contribution in [0.1, 0.15) is 5.56 Å². The Kier molecular flexibility index (Phi) is 2.77. The first kappa shape index (κ1) is 9.85. The monoisotopic (exact) mass is 222 g/mol. The second kappa shape index (κ2) is 4.22. The van der Waals surface area contributed by atoms with Gasteiger partial charge in [0.05, 0.1) is 12.5 Å². The van der Waals surface area contributed by atoms with E-state index >= 15 is 0 Å². The van der Waals surface area contributed by atoms with Crippen molar-refractivity contribution < 1.29 is 4.42 Å². The Balaban J connectivity index is 2.05. The van der Waals surface area contributed by atoms with Gasteiger partial charge in [-0.1, -0.05) is 11.8 Å². The van der Waals surface area contributed by atoms with Gasteiger partial charge in [0.1, 0.15) is 11.6 Å². The molecule has 0 amide bonds. The first-order chi connectivity index (χ1) is 7.24. The van der Waals surface area contributed by atoms with Crippen LogP contribution < -0.4 is 11.5 Å². The SMILES string of the molecule is Nc1cc(N)nc(SCc2ccoc2)n1. The highest BCUT2D eigenvalue weighted by Crippen LogP contribution is 2.21. The maximum Gasteiger partial charge on any atom is 0.191 e. The minimum absolute atomic E-state index is 0.386. The fourth-order valence-corrected chi connectivity index (χ4v) is 1.85. The fourth-order valence-electron chi connectivity index (χ4n) is 1.05. The Labute approximate surface area is 90.9 Å². The minimum atomic E-state index is 0.386. The molecule has 0 fully saturated rings. The van der Waals surface area contributed by atoms with E-state index in [1.807, 2.05) is 6.07 Å². The average molecular weight is 222 g/mol. The maximum absolute atomic E-state index is 5.55. The summed E-state index contributed by atoms with van der Waals surface area (Å²) in [5.41, 5.74) is 12.2. The molecule has 0 bridgehead atoms. The molecule has 0 unspecified atom stereocenters. The smallest absolute Gasteiger partial charge is 0.191 e. The molecular formula is C9H10N4OS. The molecule has 78 valence electrons. The van der Waals surface area contributed by atoms with Gasteiger partial charge in [0, 0.05) is 17.4 Å². The third-order valence-corrected chi connectivity index (χ3v) is 2.61. The van der Waals surface area contributed by atoms with E-state index < -0.39 is 0 Å². The zero-order valence-corrected chi connectivity index (χ0v) is 8.70. The van der Waals surface area contributed by atoms with E-state index in [-0.39, 0.29) is 0 Å². The molecule has 0 spiro atoms. The molecule has 2 aromatic heterocycles. The third kappa shape index (κ3) is 2.63. The largest absolute Gasteiger partial charge is 0.472 e. The number of nitrogen functional groups attached to an aromatic ring is 2. The van der Waals surface area contributed by atoms with Crippen LogP contribution in [0.4, 0.5) is 11.6 Å².